The predicted molar refractivity (Wildman–Crippen MR) is 59.1 cm³/mol. The average molecular weight is 219 g/mol. The summed E-state index contributed by atoms with van der Waals surface area (Å²) in [5, 5.41) is 10.3. The number of carbonyl (C=O) groups is 2. The van der Waals surface area contributed by atoms with Gasteiger partial charge in [-0.15, -0.1) is 0 Å². The SMILES string of the molecule is CC(=O)c1ccc([C@@H](C)CCC(=O)[O-])cc1. The van der Waals surface area contributed by atoms with Crippen molar-refractivity contribution in [3.63, 3.8) is 0 Å². The molecule has 0 saturated heterocycles. The van der Waals surface area contributed by atoms with Crippen LogP contribution in [0.3, 0.4) is 0 Å². The zero-order valence-electron chi connectivity index (χ0n) is 9.53. The van der Waals surface area contributed by atoms with Crippen molar-refractivity contribution in [2.75, 3.05) is 0 Å². The molecule has 0 fully saturated rings. The molecular formula is C13H15O3-. The van der Waals surface area contributed by atoms with Crippen molar-refractivity contribution in [1.82, 2.24) is 0 Å². The minimum Gasteiger partial charge on any atom is -0.550 e. The molecule has 0 spiro atoms. The van der Waals surface area contributed by atoms with Crippen LogP contribution in [0.15, 0.2) is 24.3 Å². The van der Waals surface area contributed by atoms with Crippen LogP contribution in [0.25, 0.3) is 0 Å². The van der Waals surface area contributed by atoms with Crippen LogP contribution in [0.4, 0.5) is 0 Å². The van der Waals surface area contributed by atoms with Gasteiger partial charge in [0.1, 0.15) is 0 Å². The lowest BCUT2D eigenvalue weighted by molar-refractivity contribution is -0.305. The summed E-state index contributed by atoms with van der Waals surface area (Å²) in [5.74, 6) is -0.819. The standard InChI is InChI=1S/C13H16O3/c1-9(3-8-13(15)16)11-4-6-12(7-5-11)10(2)14/h4-7,9H,3,8H2,1-2H3,(H,15,16)/p-1/t9-/m0/s1. The molecule has 0 aromatic heterocycles. The normalized spacial score (nSPS) is 12.1. The van der Waals surface area contributed by atoms with E-state index in [9.17, 15) is 14.7 Å². The van der Waals surface area contributed by atoms with E-state index in [1.54, 1.807) is 12.1 Å². The van der Waals surface area contributed by atoms with Gasteiger partial charge in [0.05, 0.1) is 0 Å². The van der Waals surface area contributed by atoms with Crippen LogP contribution in [0.2, 0.25) is 0 Å². The fraction of sp³-hybridized carbons (Fsp3) is 0.385. The van der Waals surface area contributed by atoms with Crippen molar-refractivity contribution in [3.8, 4) is 0 Å². The Bertz CT molecular complexity index is 379. The van der Waals surface area contributed by atoms with Gasteiger partial charge in [0, 0.05) is 11.5 Å². The van der Waals surface area contributed by atoms with Gasteiger partial charge in [0.15, 0.2) is 5.78 Å². The molecule has 0 saturated carbocycles. The number of ketones is 1. The molecule has 0 bridgehead atoms. The fourth-order valence-corrected chi connectivity index (χ4v) is 1.55. The number of hydrogen-bond acceptors (Lipinski definition) is 3. The van der Waals surface area contributed by atoms with Crippen LogP contribution >= 0.6 is 0 Å². The first kappa shape index (κ1) is 12.4. The second-order valence-electron chi connectivity index (χ2n) is 3.99. The van der Waals surface area contributed by atoms with E-state index in [0.29, 0.717) is 12.0 Å². The Labute approximate surface area is 95.1 Å². The van der Waals surface area contributed by atoms with Crippen molar-refractivity contribution < 1.29 is 14.7 Å². The number of carboxylic acids is 1. The minimum absolute atomic E-state index is 0.0361. The second-order valence-corrected chi connectivity index (χ2v) is 3.99. The molecule has 1 aromatic carbocycles. The summed E-state index contributed by atoms with van der Waals surface area (Å²) in [4.78, 5) is 21.4. The lowest BCUT2D eigenvalue weighted by Crippen LogP contribution is -2.22. The van der Waals surface area contributed by atoms with Crippen molar-refractivity contribution in [3.05, 3.63) is 35.4 Å². The molecule has 0 heterocycles. The van der Waals surface area contributed by atoms with E-state index in [1.165, 1.54) is 6.92 Å². The van der Waals surface area contributed by atoms with Gasteiger partial charge in [-0.1, -0.05) is 31.2 Å². The highest BCUT2D eigenvalue weighted by Gasteiger charge is 2.06. The summed E-state index contributed by atoms with van der Waals surface area (Å²) in [6.07, 6.45) is 0.622. The minimum atomic E-state index is -1.02. The second kappa shape index (κ2) is 5.45. The molecule has 1 rings (SSSR count). The van der Waals surface area contributed by atoms with Gasteiger partial charge in [-0.25, -0.2) is 0 Å². The van der Waals surface area contributed by atoms with Gasteiger partial charge in [0.25, 0.3) is 0 Å². The van der Waals surface area contributed by atoms with E-state index < -0.39 is 5.97 Å². The van der Waals surface area contributed by atoms with Gasteiger partial charge in [-0.05, 0) is 31.2 Å². The molecule has 3 nitrogen and oxygen atoms in total. The van der Waals surface area contributed by atoms with Gasteiger partial charge in [-0.2, -0.15) is 0 Å². The van der Waals surface area contributed by atoms with E-state index in [-0.39, 0.29) is 18.1 Å². The first-order chi connectivity index (χ1) is 7.50. The van der Waals surface area contributed by atoms with Crippen molar-refractivity contribution >= 4 is 11.8 Å². The summed E-state index contributed by atoms with van der Waals surface area (Å²) in [6, 6.07) is 7.29. The molecule has 86 valence electrons. The molecule has 0 radical (unpaired) electrons. The van der Waals surface area contributed by atoms with Gasteiger partial charge < -0.3 is 9.90 Å². The fourth-order valence-electron chi connectivity index (χ4n) is 1.55. The monoisotopic (exact) mass is 219 g/mol. The summed E-state index contributed by atoms with van der Waals surface area (Å²) >= 11 is 0. The van der Waals surface area contributed by atoms with Crippen molar-refractivity contribution in [1.29, 1.82) is 0 Å². The maximum absolute atomic E-state index is 11.1. The van der Waals surface area contributed by atoms with Crippen molar-refractivity contribution in [2.24, 2.45) is 0 Å². The maximum Gasteiger partial charge on any atom is 0.159 e. The molecule has 0 aliphatic carbocycles. The molecule has 0 N–H and O–H groups in total. The average Bonchev–Trinajstić information content (AvgIpc) is 2.26. The molecule has 16 heavy (non-hydrogen) atoms. The van der Waals surface area contributed by atoms with E-state index >= 15 is 0 Å². The Hall–Kier alpha value is -1.64. The predicted octanol–water partition coefficient (Wildman–Crippen LogP) is 1.52. The molecule has 0 aliphatic heterocycles. The number of carboxylic acid groups (broad SMARTS) is 1. The van der Waals surface area contributed by atoms with Gasteiger partial charge in [-0.3, -0.25) is 4.79 Å². The van der Waals surface area contributed by atoms with E-state index in [2.05, 4.69) is 0 Å². The van der Waals surface area contributed by atoms with E-state index in [4.69, 9.17) is 0 Å². The third-order valence-electron chi connectivity index (χ3n) is 2.67. The van der Waals surface area contributed by atoms with Crippen LogP contribution in [-0.2, 0) is 4.79 Å². The number of aliphatic carboxylic acids is 1. The van der Waals surface area contributed by atoms with Crippen LogP contribution in [0.1, 0.15) is 48.5 Å². The number of Topliss-reactive ketones (excluding diaryl/α,β-unsaturated/α-hetero) is 1. The van der Waals surface area contributed by atoms with Crippen LogP contribution < -0.4 is 5.11 Å². The highest BCUT2D eigenvalue weighted by Crippen LogP contribution is 2.20. The number of hydrogen-bond donors (Lipinski definition) is 0. The Morgan fingerprint density at radius 2 is 1.81 bits per heavy atom. The topological polar surface area (TPSA) is 57.2 Å². The summed E-state index contributed by atoms with van der Waals surface area (Å²) in [7, 11) is 0. The molecule has 3 heteroatoms. The summed E-state index contributed by atoms with van der Waals surface area (Å²) in [5.41, 5.74) is 1.72. The summed E-state index contributed by atoms with van der Waals surface area (Å²) < 4.78 is 0. The van der Waals surface area contributed by atoms with Crippen LogP contribution in [0, 0.1) is 0 Å². The highest BCUT2D eigenvalue weighted by molar-refractivity contribution is 5.94. The van der Waals surface area contributed by atoms with E-state index in [0.717, 1.165) is 5.56 Å². The first-order valence-corrected chi connectivity index (χ1v) is 5.31. The van der Waals surface area contributed by atoms with Crippen molar-refractivity contribution in [2.45, 2.75) is 32.6 Å². The largest absolute Gasteiger partial charge is 0.550 e. The van der Waals surface area contributed by atoms with Gasteiger partial charge >= 0.3 is 0 Å². The van der Waals surface area contributed by atoms with Gasteiger partial charge in [0.2, 0.25) is 0 Å². The Kier molecular flexibility index (Phi) is 4.23. The maximum atomic E-state index is 11.1. The molecule has 1 atom stereocenters. The van der Waals surface area contributed by atoms with E-state index in [1.807, 2.05) is 19.1 Å². The smallest absolute Gasteiger partial charge is 0.159 e. The Morgan fingerprint density at radius 1 is 1.25 bits per heavy atom. The molecule has 0 aliphatic rings. The van der Waals surface area contributed by atoms with Crippen LogP contribution in [0.5, 0.6) is 0 Å². The molecule has 0 unspecified atom stereocenters. The number of benzene rings is 1. The zero-order chi connectivity index (χ0) is 12.1. The Balaban J connectivity index is 2.66. The quantitative estimate of drug-likeness (QED) is 0.705. The number of carbonyl (C=O) groups excluding carboxylic acids is 2. The lowest BCUT2D eigenvalue weighted by atomic mass is 9.95. The highest BCUT2D eigenvalue weighted by atomic mass is 16.4. The zero-order valence-corrected chi connectivity index (χ0v) is 9.53. The molecule has 0 amide bonds. The van der Waals surface area contributed by atoms with Crippen LogP contribution in [-0.4, -0.2) is 11.8 Å². The first-order valence-electron chi connectivity index (χ1n) is 5.31. The molecular weight excluding hydrogens is 204 g/mol. The molecule has 1 aromatic rings. The lowest BCUT2D eigenvalue weighted by Gasteiger charge is -2.12. The third-order valence-corrected chi connectivity index (χ3v) is 2.67. The Morgan fingerprint density at radius 3 is 2.25 bits per heavy atom. The number of rotatable bonds is 5. The summed E-state index contributed by atoms with van der Waals surface area (Å²) in [6.45, 7) is 3.49. The third kappa shape index (κ3) is 3.50.